The van der Waals surface area contributed by atoms with Gasteiger partial charge in [-0.1, -0.05) is 26.0 Å². The molecule has 0 unspecified atom stereocenters. The van der Waals surface area contributed by atoms with Crippen LogP contribution in [0.25, 0.3) is 0 Å². The summed E-state index contributed by atoms with van der Waals surface area (Å²) in [7, 11) is 0. The smallest absolute Gasteiger partial charge is 0.309 e. The van der Waals surface area contributed by atoms with Crippen molar-refractivity contribution in [2.75, 3.05) is 0 Å². The molecular weight excluding hydrogens is 492 g/mol. The van der Waals surface area contributed by atoms with Crippen molar-refractivity contribution in [3.63, 3.8) is 0 Å². The zero-order valence-electron chi connectivity index (χ0n) is 21.6. The van der Waals surface area contributed by atoms with Crippen LogP contribution in [0.2, 0.25) is 0 Å². The third-order valence-electron chi connectivity index (χ3n) is 8.69. The minimum atomic E-state index is -1.03. The average molecular weight is 527 g/mol. The van der Waals surface area contributed by atoms with E-state index in [1.807, 2.05) is 13.8 Å². The first-order chi connectivity index (χ1) is 16.7. The zero-order valence-corrected chi connectivity index (χ0v) is 22.3. The van der Waals surface area contributed by atoms with Gasteiger partial charge >= 0.3 is 23.9 Å². The molecule has 2 saturated carbocycles. The van der Waals surface area contributed by atoms with Gasteiger partial charge in [-0.2, -0.15) is 0 Å². The highest BCUT2D eigenvalue weighted by Gasteiger charge is 2.75. The van der Waals surface area contributed by atoms with Gasteiger partial charge in [0.25, 0.3) is 0 Å². The van der Waals surface area contributed by atoms with Crippen molar-refractivity contribution in [3.05, 3.63) is 12.2 Å². The van der Waals surface area contributed by atoms with Crippen molar-refractivity contribution >= 4 is 35.5 Å². The summed E-state index contributed by atoms with van der Waals surface area (Å²) in [6.45, 7) is 13.6. The number of ether oxygens (including phenoxy) is 5. The predicted octanol–water partition coefficient (Wildman–Crippen LogP) is 3.10. The number of epoxide rings is 1. The second-order valence-corrected chi connectivity index (χ2v) is 11.5. The quantitative estimate of drug-likeness (QED) is 0.180. The Morgan fingerprint density at radius 3 is 2.19 bits per heavy atom. The number of fused-ring (bicyclic) bond motifs is 4. The van der Waals surface area contributed by atoms with Crippen LogP contribution >= 0.6 is 11.6 Å². The van der Waals surface area contributed by atoms with Gasteiger partial charge in [-0.05, 0) is 19.8 Å². The number of rotatable bonds is 3. The van der Waals surface area contributed by atoms with Crippen molar-refractivity contribution in [2.24, 2.45) is 23.2 Å². The van der Waals surface area contributed by atoms with Crippen molar-refractivity contribution in [2.45, 2.75) is 102 Å². The van der Waals surface area contributed by atoms with Crippen LogP contribution < -0.4 is 0 Å². The molecule has 4 fully saturated rings. The van der Waals surface area contributed by atoms with E-state index in [0.717, 1.165) is 0 Å². The summed E-state index contributed by atoms with van der Waals surface area (Å²) >= 11 is 6.82. The average Bonchev–Trinajstić information content (AvgIpc) is 3.32. The van der Waals surface area contributed by atoms with Gasteiger partial charge in [-0.25, -0.2) is 0 Å². The standard InChI is InChI=1S/C26H35ClO9/c1-11-8-9-16(32-13(3)28)25(6)17(33-14(4)29)10-18-26(7,36-18)23(25)22(34-15(5)30)19-12(2)24(31)35-21(19)20(11)27/h12,16-23H,1,8-10H2,2-7H3/t12-,16+,17-,18-,19+,20-,21+,22-,23-,25-,26+/m1/s1. The van der Waals surface area contributed by atoms with E-state index in [0.29, 0.717) is 24.8 Å². The number of esters is 4. The Bertz CT molecular complexity index is 980. The second-order valence-electron chi connectivity index (χ2n) is 11.0. The summed E-state index contributed by atoms with van der Waals surface area (Å²) in [6, 6.07) is 0. The van der Waals surface area contributed by atoms with Crippen molar-refractivity contribution in [1.29, 1.82) is 0 Å². The molecule has 2 heterocycles. The normalized spacial score (nSPS) is 45.8. The minimum absolute atomic E-state index is 0.271. The van der Waals surface area contributed by atoms with E-state index < -0.39 is 82.4 Å². The Hall–Kier alpha value is -2.13. The Balaban J connectivity index is 1.96. The fourth-order valence-electron chi connectivity index (χ4n) is 6.99. The molecular formula is C26H35ClO9. The first kappa shape index (κ1) is 26.9. The number of alkyl halides is 1. The van der Waals surface area contributed by atoms with E-state index >= 15 is 0 Å². The van der Waals surface area contributed by atoms with Crippen LogP contribution in [0.5, 0.6) is 0 Å². The number of halogens is 1. The first-order valence-electron chi connectivity index (χ1n) is 12.4. The van der Waals surface area contributed by atoms with Crippen molar-refractivity contribution in [1.82, 2.24) is 0 Å². The first-order valence-corrected chi connectivity index (χ1v) is 12.9. The van der Waals surface area contributed by atoms with Crippen LogP contribution in [-0.4, -0.2) is 65.4 Å². The van der Waals surface area contributed by atoms with Crippen LogP contribution in [0.1, 0.15) is 60.8 Å². The van der Waals surface area contributed by atoms with Gasteiger partial charge in [-0.3, -0.25) is 19.2 Å². The molecule has 9 nitrogen and oxygen atoms in total. The van der Waals surface area contributed by atoms with Gasteiger partial charge in [0.15, 0.2) is 0 Å². The molecule has 0 spiro atoms. The number of carbonyl (C=O) groups is 4. The summed E-state index contributed by atoms with van der Waals surface area (Å²) < 4.78 is 29.7. The Morgan fingerprint density at radius 2 is 1.61 bits per heavy atom. The molecule has 0 bridgehead atoms. The Labute approximate surface area is 216 Å². The van der Waals surface area contributed by atoms with Crippen LogP contribution in [0.15, 0.2) is 12.2 Å². The molecule has 11 atom stereocenters. The molecule has 2 aliphatic heterocycles. The van der Waals surface area contributed by atoms with E-state index in [4.69, 9.17) is 35.3 Å². The van der Waals surface area contributed by atoms with Crippen LogP contribution in [0.4, 0.5) is 0 Å². The maximum atomic E-state index is 12.8. The van der Waals surface area contributed by atoms with Gasteiger partial charge in [0.1, 0.15) is 24.4 Å². The zero-order chi connectivity index (χ0) is 26.7. The monoisotopic (exact) mass is 526 g/mol. The summed E-state index contributed by atoms with van der Waals surface area (Å²) in [4.78, 5) is 49.8. The molecule has 0 aromatic heterocycles. The molecule has 4 aliphatic rings. The lowest BCUT2D eigenvalue weighted by atomic mass is 9.53. The van der Waals surface area contributed by atoms with E-state index in [9.17, 15) is 19.2 Å². The van der Waals surface area contributed by atoms with E-state index in [1.54, 1.807) is 6.92 Å². The Morgan fingerprint density at radius 1 is 1.03 bits per heavy atom. The molecule has 0 aromatic carbocycles. The molecule has 200 valence electrons. The SMILES string of the molecule is C=C1CC[C@H](OC(C)=O)[C@]2(C)[C@H](OC(C)=O)C[C@H]3O[C@]3(C)[C@@H]2[C@H](OC(C)=O)[C@@H]2[C@H](OC(=O)[C@@H]2C)[C@@H]1Cl. The van der Waals surface area contributed by atoms with Gasteiger partial charge < -0.3 is 23.7 Å². The highest BCUT2D eigenvalue weighted by Crippen LogP contribution is 2.64. The molecule has 0 N–H and O–H groups in total. The maximum absolute atomic E-state index is 12.8. The maximum Gasteiger partial charge on any atom is 0.309 e. The molecule has 0 amide bonds. The molecule has 2 aliphatic carbocycles. The molecule has 36 heavy (non-hydrogen) atoms. The molecule has 0 radical (unpaired) electrons. The summed E-state index contributed by atoms with van der Waals surface area (Å²) in [6.07, 6.45) is -2.29. The topological polar surface area (TPSA) is 118 Å². The molecule has 4 rings (SSSR count). The van der Waals surface area contributed by atoms with Gasteiger partial charge in [-0.15, -0.1) is 11.6 Å². The summed E-state index contributed by atoms with van der Waals surface area (Å²) in [5.74, 6) is -3.84. The van der Waals surface area contributed by atoms with Gasteiger partial charge in [0.2, 0.25) is 0 Å². The fraction of sp³-hybridized carbons (Fsp3) is 0.769. The minimum Gasteiger partial charge on any atom is -0.462 e. The third-order valence-corrected chi connectivity index (χ3v) is 9.25. The van der Waals surface area contributed by atoms with Crippen LogP contribution in [0.3, 0.4) is 0 Å². The fourth-order valence-corrected chi connectivity index (χ4v) is 7.32. The number of hydrogen-bond donors (Lipinski definition) is 0. The van der Waals surface area contributed by atoms with Gasteiger partial charge in [0.05, 0.1) is 28.4 Å². The number of carbonyl (C=O) groups excluding carboxylic acids is 4. The van der Waals surface area contributed by atoms with E-state index in [-0.39, 0.29) is 6.10 Å². The van der Waals surface area contributed by atoms with Crippen molar-refractivity contribution in [3.8, 4) is 0 Å². The van der Waals surface area contributed by atoms with Crippen LogP contribution in [-0.2, 0) is 42.9 Å². The summed E-state index contributed by atoms with van der Waals surface area (Å²) in [5.41, 5.74) is -1.20. The Kier molecular flexibility index (Phi) is 6.96. The second kappa shape index (κ2) is 9.31. The summed E-state index contributed by atoms with van der Waals surface area (Å²) in [5, 5.41) is -0.735. The third kappa shape index (κ3) is 4.32. The predicted molar refractivity (Wildman–Crippen MR) is 127 cm³/mol. The number of hydrogen-bond acceptors (Lipinski definition) is 9. The highest BCUT2D eigenvalue weighted by atomic mass is 35.5. The lowest BCUT2D eigenvalue weighted by Gasteiger charge is -2.54. The molecule has 2 saturated heterocycles. The highest BCUT2D eigenvalue weighted by molar-refractivity contribution is 6.23. The van der Waals surface area contributed by atoms with E-state index in [2.05, 4.69) is 6.58 Å². The lowest BCUT2D eigenvalue weighted by molar-refractivity contribution is -0.211. The van der Waals surface area contributed by atoms with Crippen molar-refractivity contribution < 1.29 is 42.9 Å². The molecule has 10 heteroatoms. The lowest BCUT2D eigenvalue weighted by Crippen LogP contribution is -2.64. The molecule has 0 aromatic rings. The largest absolute Gasteiger partial charge is 0.462 e. The van der Waals surface area contributed by atoms with Gasteiger partial charge in [0, 0.05) is 39.0 Å². The van der Waals surface area contributed by atoms with E-state index in [1.165, 1.54) is 20.8 Å². The van der Waals surface area contributed by atoms with Crippen LogP contribution in [0, 0.1) is 23.2 Å².